The van der Waals surface area contributed by atoms with Crippen LogP contribution in [0.1, 0.15) is 0 Å². The maximum Gasteiger partial charge on any atom is 0.383 e. The van der Waals surface area contributed by atoms with Gasteiger partial charge >= 0.3 is 12.2 Å². The molecule has 0 heterocycles. The van der Waals surface area contributed by atoms with Gasteiger partial charge in [0.15, 0.2) is 0 Å². The quantitative estimate of drug-likeness (QED) is 0.603. The van der Waals surface area contributed by atoms with E-state index >= 15 is 0 Å². The van der Waals surface area contributed by atoms with Crippen molar-refractivity contribution in [3.05, 3.63) is 0 Å². The Bertz CT molecular complexity index is 113. The van der Waals surface area contributed by atoms with Gasteiger partial charge in [-0.1, -0.05) is 0 Å². The number of ether oxygens (including phenoxy) is 1. The summed E-state index contributed by atoms with van der Waals surface area (Å²) < 4.78 is 49.8. The Labute approximate surface area is 59.2 Å². The lowest BCUT2D eigenvalue weighted by Crippen LogP contribution is -2.38. The first kappa shape index (κ1) is 10.6. The maximum absolute atomic E-state index is 11.8. The summed E-state index contributed by atoms with van der Waals surface area (Å²) >= 11 is 0. The zero-order chi connectivity index (χ0) is 9.12. The van der Waals surface area contributed by atoms with E-state index in [2.05, 4.69) is 4.74 Å². The van der Waals surface area contributed by atoms with E-state index in [1.54, 1.807) is 0 Å². The number of hydrogen-bond acceptors (Lipinski definition) is 3. The Kier molecular flexibility index (Phi) is 3.21. The summed E-state index contributed by atoms with van der Waals surface area (Å²) in [5.74, 6) is 0. The second kappa shape index (κ2) is 3.33. The molecule has 0 aliphatic heterocycles. The molecule has 0 saturated carbocycles. The zero-order valence-corrected chi connectivity index (χ0v) is 5.23. The Morgan fingerprint density at radius 2 is 1.18 bits per heavy atom. The first-order chi connectivity index (χ1) is 4.83. The highest BCUT2D eigenvalue weighted by Crippen LogP contribution is 2.25. The SMILES string of the molecule is OCC(F)(F)OC(F)(F)CO. The molecule has 68 valence electrons. The van der Waals surface area contributed by atoms with Crippen LogP contribution in [0.15, 0.2) is 0 Å². The Balaban J connectivity index is 4.02. The molecule has 0 fully saturated rings. The largest absolute Gasteiger partial charge is 0.387 e. The summed E-state index contributed by atoms with van der Waals surface area (Å²) in [6, 6.07) is 0. The third-order valence-electron chi connectivity index (χ3n) is 0.667. The third-order valence-corrected chi connectivity index (χ3v) is 0.667. The van der Waals surface area contributed by atoms with Gasteiger partial charge in [0, 0.05) is 0 Å². The minimum Gasteiger partial charge on any atom is -0.387 e. The predicted octanol–water partition coefficient (Wildman–Crippen LogP) is 0.173. The van der Waals surface area contributed by atoms with Crippen LogP contribution in [0.2, 0.25) is 0 Å². The van der Waals surface area contributed by atoms with E-state index in [9.17, 15) is 17.6 Å². The van der Waals surface area contributed by atoms with Gasteiger partial charge < -0.3 is 10.2 Å². The van der Waals surface area contributed by atoms with Crippen LogP contribution in [0.3, 0.4) is 0 Å². The minimum atomic E-state index is -4.33. The van der Waals surface area contributed by atoms with Gasteiger partial charge in [-0.15, -0.1) is 0 Å². The Morgan fingerprint density at radius 3 is 1.36 bits per heavy atom. The molecular weight excluding hydrogens is 172 g/mol. The molecule has 11 heavy (non-hydrogen) atoms. The number of halogens is 4. The summed E-state index contributed by atoms with van der Waals surface area (Å²) in [6.45, 7) is -3.72. The van der Waals surface area contributed by atoms with E-state index in [-0.39, 0.29) is 0 Å². The molecule has 0 rings (SSSR count). The van der Waals surface area contributed by atoms with Crippen molar-refractivity contribution >= 4 is 0 Å². The molecule has 0 unspecified atom stereocenters. The second-order valence-electron chi connectivity index (χ2n) is 1.69. The van der Waals surface area contributed by atoms with E-state index < -0.39 is 25.4 Å². The fourth-order valence-corrected chi connectivity index (χ4v) is 0.283. The van der Waals surface area contributed by atoms with Gasteiger partial charge in [0.2, 0.25) is 0 Å². The molecule has 0 aliphatic carbocycles. The summed E-state index contributed by atoms with van der Waals surface area (Å²) in [7, 11) is 0. The average Bonchev–Trinajstić information content (AvgIpc) is 1.86. The fraction of sp³-hybridized carbons (Fsp3) is 1.00. The topological polar surface area (TPSA) is 49.7 Å². The summed E-state index contributed by atoms with van der Waals surface area (Å²) in [6.07, 6.45) is -8.65. The van der Waals surface area contributed by atoms with Crippen molar-refractivity contribution in [3.8, 4) is 0 Å². The van der Waals surface area contributed by atoms with E-state index in [4.69, 9.17) is 10.2 Å². The lowest BCUT2D eigenvalue weighted by Gasteiger charge is -2.19. The van der Waals surface area contributed by atoms with Gasteiger partial charge in [-0.2, -0.15) is 17.6 Å². The Morgan fingerprint density at radius 1 is 0.909 bits per heavy atom. The summed E-state index contributed by atoms with van der Waals surface area (Å²) in [5, 5.41) is 15.5. The van der Waals surface area contributed by atoms with Crippen LogP contribution in [-0.4, -0.2) is 35.6 Å². The van der Waals surface area contributed by atoms with E-state index in [1.165, 1.54) is 0 Å². The Hall–Kier alpha value is -0.400. The molecule has 0 aliphatic rings. The molecule has 0 aromatic carbocycles. The van der Waals surface area contributed by atoms with Crippen molar-refractivity contribution in [2.45, 2.75) is 12.2 Å². The molecule has 0 aromatic rings. The van der Waals surface area contributed by atoms with Crippen molar-refractivity contribution in [3.63, 3.8) is 0 Å². The first-order valence-corrected chi connectivity index (χ1v) is 2.50. The third kappa shape index (κ3) is 4.12. The number of aliphatic hydroxyl groups excluding tert-OH is 2. The smallest absolute Gasteiger partial charge is 0.383 e. The van der Waals surface area contributed by atoms with Gasteiger partial charge in [-0.25, -0.2) is 0 Å². The van der Waals surface area contributed by atoms with Gasteiger partial charge in [0.1, 0.15) is 13.2 Å². The van der Waals surface area contributed by atoms with E-state index in [0.29, 0.717) is 0 Å². The molecule has 2 N–H and O–H groups in total. The number of rotatable bonds is 4. The molecule has 7 heteroatoms. The van der Waals surface area contributed by atoms with Gasteiger partial charge in [0.05, 0.1) is 0 Å². The standard InChI is InChI=1S/C4H6F4O3/c5-3(6,1-9)11-4(7,8)2-10/h9-10H,1-2H2. The van der Waals surface area contributed by atoms with Crippen molar-refractivity contribution in [2.24, 2.45) is 0 Å². The van der Waals surface area contributed by atoms with Crippen LogP contribution in [0.25, 0.3) is 0 Å². The molecule has 0 radical (unpaired) electrons. The average molecular weight is 178 g/mol. The van der Waals surface area contributed by atoms with Crippen molar-refractivity contribution in [1.82, 2.24) is 0 Å². The lowest BCUT2D eigenvalue weighted by atomic mass is 10.6. The zero-order valence-electron chi connectivity index (χ0n) is 5.23. The summed E-state index contributed by atoms with van der Waals surface area (Å²) in [5.41, 5.74) is 0. The predicted molar refractivity (Wildman–Crippen MR) is 25.2 cm³/mol. The fourth-order valence-electron chi connectivity index (χ4n) is 0.283. The molecule has 0 atom stereocenters. The van der Waals surface area contributed by atoms with Crippen LogP contribution >= 0.6 is 0 Å². The van der Waals surface area contributed by atoms with Gasteiger partial charge in [-0.3, -0.25) is 4.74 Å². The van der Waals surface area contributed by atoms with Gasteiger partial charge in [0.25, 0.3) is 0 Å². The summed E-state index contributed by atoms with van der Waals surface area (Å²) in [4.78, 5) is 0. The molecule has 0 saturated heterocycles. The monoisotopic (exact) mass is 178 g/mol. The van der Waals surface area contributed by atoms with Crippen LogP contribution in [0.4, 0.5) is 17.6 Å². The van der Waals surface area contributed by atoms with Crippen LogP contribution < -0.4 is 0 Å². The maximum atomic E-state index is 11.8. The second-order valence-corrected chi connectivity index (χ2v) is 1.69. The number of hydrogen-bond donors (Lipinski definition) is 2. The highest BCUT2D eigenvalue weighted by atomic mass is 19.3. The molecule has 0 spiro atoms. The molecular formula is C4H6F4O3. The van der Waals surface area contributed by atoms with Crippen molar-refractivity contribution < 1.29 is 32.5 Å². The normalized spacial score (nSPS) is 13.6. The molecule has 3 nitrogen and oxygen atoms in total. The van der Waals surface area contributed by atoms with Crippen LogP contribution in [-0.2, 0) is 4.74 Å². The number of alkyl halides is 4. The highest BCUT2D eigenvalue weighted by molar-refractivity contribution is 4.55. The molecule has 0 amide bonds. The van der Waals surface area contributed by atoms with E-state index in [1.807, 2.05) is 0 Å². The number of aliphatic hydroxyl groups is 2. The minimum absolute atomic E-state index is 1.86. The van der Waals surface area contributed by atoms with Crippen LogP contribution in [0.5, 0.6) is 0 Å². The van der Waals surface area contributed by atoms with Crippen LogP contribution in [0, 0.1) is 0 Å². The van der Waals surface area contributed by atoms with Gasteiger partial charge in [-0.05, 0) is 0 Å². The first-order valence-electron chi connectivity index (χ1n) is 2.50. The highest BCUT2D eigenvalue weighted by Gasteiger charge is 2.43. The van der Waals surface area contributed by atoms with Crippen molar-refractivity contribution in [1.29, 1.82) is 0 Å². The van der Waals surface area contributed by atoms with Crippen molar-refractivity contribution in [2.75, 3.05) is 13.2 Å². The van der Waals surface area contributed by atoms with E-state index in [0.717, 1.165) is 0 Å². The molecule has 0 aromatic heterocycles. The lowest BCUT2D eigenvalue weighted by molar-refractivity contribution is -0.389. The molecule has 0 bridgehead atoms.